The molecule has 0 aliphatic carbocycles. The van der Waals surface area contributed by atoms with Crippen LogP contribution in [0, 0.1) is 0 Å². The summed E-state index contributed by atoms with van der Waals surface area (Å²) in [6.07, 6.45) is 2.60. The van der Waals surface area contributed by atoms with Crippen molar-refractivity contribution in [2.75, 3.05) is 5.01 Å². The summed E-state index contributed by atoms with van der Waals surface area (Å²) in [5.41, 5.74) is 4.04. The fourth-order valence-electron chi connectivity index (χ4n) is 2.49. The Morgan fingerprint density at radius 3 is 2.58 bits per heavy atom. The molecule has 1 saturated heterocycles. The fraction of sp³-hybridized carbons (Fsp3) is 0.200. The molecule has 1 aliphatic heterocycles. The zero-order valence-electron chi connectivity index (χ0n) is 14.5. The zero-order chi connectivity index (χ0) is 18.7. The van der Waals surface area contributed by atoms with E-state index in [4.69, 9.17) is 4.74 Å². The van der Waals surface area contributed by atoms with Crippen molar-refractivity contribution in [1.29, 1.82) is 0 Å². The van der Waals surface area contributed by atoms with Gasteiger partial charge in [0.15, 0.2) is 0 Å². The molecule has 1 aliphatic rings. The molecule has 0 aromatic heterocycles. The van der Waals surface area contributed by atoms with Gasteiger partial charge in [-0.1, -0.05) is 31.2 Å². The molecule has 3 rings (SSSR count). The number of nitrogens with one attached hydrogen (secondary N) is 1. The molecule has 1 fully saturated rings. The number of hydrogen-bond donors (Lipinski definition) is 1. The van der Waals surface area contributed by atoms with Gasteiger partial charge in [0.1, 0.15) is 11.3 Å². The van der Waals surface area contributed by atoms with Crippen LogP contribution in [0.3, 0.4) is 0 Å². The predicted octanol–water partition coefficient (Wildman–Crippen LogP) is 4.09. The maximum Gasteiger partial charge on any atom is 0.282 e. The summed E-state index contributed by atoms with van der Waals surface area (Å²) in [5, 5.41) is 1.25. The van der Waals surface area contributed by atoms with Gasteiger partial charge in [-0.3, -0.25) is 15.0 Å². The van der Waals surface area contributed by atoms with E-state index in [1.165, 1.54) is 5.01 Å². The molecule has 134 valence electrons. The summed E-state index contributed by atoms with van der Waals surface area (Å²) in [6, 6.07) is 14.5. The SMILES string of the molecule is CC[C@H](C)Oc1ccc(/C=C2/C(=O)NN(c3ccccc3)C2=O)cc1Br. The monoisotopic (exact) mass is 414 g/mol. The third-order valence-corrected chi connectivity index (χ3v) is 4.70. The van der Waals surface area contributed by atoms with Crippen molar-refractivity contribution >= 4 is 39.5 Å². The summed E-state index contributed by atoms with van der Waals surface area (Å²) in [7, 11) is 0. The molecule has 5 nitrogen and oxygen atoms in total. The Kier molecular flexibility index (Phi) is 5.42. The second-order valence-electron chi connectivity index (χ2n) is 6.00. The van der Waals surface area contributed by atoms with Gasteiger partial charge in [-0.15, -0.1) is 0 Å². The van der Waals surface area contributed by atoms with E-state index in [0.29, 0.717) is 5.69 Å². The van der Waals surface area contributed by atoms with Crippen molar-refractivity contribution in [2.45, 2.75) is 26.4 Å². The number of amides is 2. The van der Waals surface area contributed by atoms with Gasteiger partial charge in [0.25, 0.3) is 11.8 Å². The number of rotatable bonds is 5. The van der Waals surface area contributed by atoms with E-state index < -0.39 is 5.91 Å². The van der Waals surface area contributed by atoms with Gasteiger partial charge in [-0.2, -0.15) is 0 Å². The Morgan fingerprint density at radius 2 is 1.92 bits per heavy atom. The molecule has 6 heteroatoms. The van der Waals surface area contributed by atoms with E-state index in [9.17, 15) is 9.59 Å². The maximum atomic E-state index is 12.6. The van der Waals surface area contributed by atoms with Crippen molar-refractivity contribution in [3.63, 3.8) is 0 Å². The molecule has 0 spiro atoms. The van der Waals surface area contributed by atoms with Crippen LogP contribution in [0.5, 0.6) is 5.75 Å². The molecular formula is C20H19BrN2O3. The smallest absolute Gasteiger partial charge is 0.282 e. The van der Waals surface area contributed by atoms with Crippen molar-refractivity contribution in [3.05, 3.63) is 64.1 Å². The van der Waals surface area contributed by atoms with Gasteiger partial charge in [0, 0.05) is 0 Å². The lowest BCUT2D eigenvalue weighted by molar-refractivity contribution is -0.117. The van der Waals surface area contributed by atoms with Crippen molar-refractivity contribution in [2.24, 2.45) is 0 Å². The molecule has 0 bridgehead atoms. The van der Waals surface area contributed by atoms with E-state index >= 15 is 0 Å². The van der Waals surface area contributed by atoms with Gasteiger partial charge in [0.2, 0.25) is 0 Å². The van der Waals surface area contributed by atoms with Crippen LogP contribution in [-0.2, 0) is 9.59 Å². The highest BCUT2D eigenvalue weighted by molar-refractivity contribution is 9.10. The first-order valence-corrected chi connectivity index (χ1v) is 9.17. The van der Waals surface area contributed by atoms with Gasteiger partial charge in [-0.25, -0.2) is 5.01 Å². The summed E-state index contributed by atoms with van der Waals surface area (Å²) >= 11 is 3.48. The molecule has 1 heterocycles. The number of hydrazine groups is 1. The van der Waals surface area contributed by atoms with Crippen LogP contribution in [0.1, 0.15) is 25.8 Å². The highest BCUT2D eigenvalue weighted by Crippen LogP contribution is 2.29. The number of ether oxygens (including phenoxy) is 1. The van der Waals surface area contributed by atoms with E-state index in [-0.39, 0.29) is 17.6 Å². The van der Waals surface area contributed by atoms with Crippen LogP contribution in [0.25, 0.3) is 6.08 Å². The highest BCUT2D eigenvalue weighted by Gasteiger charge is 2.34. The number of carbonyl (C=O) groups excluding carboxylic acids is 2. The first-order valence-electron chi connectivity index (χ1n) is 8.38. The second-order valence-corrected chi connectivity index (χ2v) is 6.86. The van der Waals surface area contributed by atoms with Crippen LogP contribution in [0.2, 0.25) is 0 Å². The molecule has 2 aromatic rings. The summed E-state index contributed by atoms with van der Waals surface area (Å²) in [6.45, 7) is 4.06. The van der Waals surface area contributed by atoms with Crippen LogP contribution < -0.4 is 15.2 Å². The topological polar surface area (TPSA) is 58.6 Å². The van der Waals surface area contributed by atoms with Crippen LogP contribution in [-0.4, -0.2) is 17.9 Å². The molecule has 1 atom stereocenters. The van der Waals surface area contributed by atoms with Crippen LogP contribution in [0.4, 0.5) is 5.69 Å². The number of benzene rings is 2. The number of hydrogen-bond acceptors (Lipinski definition) is 3. The van der Waals surface area contributed by atoms with Crippen molar-refractivity contribution in [1.82, 2.24) is 5.43 Å². The van der Waals surface area contributed by atoms with Gasteiger partial charge >= 0.3 is 0 Å². The first kappa shape index (κ1) is 18.2. The number of halogens is 1. The van der Waals surface area contributed by atoms with E-state index in [0.717, 1.165) is 22.2 Å². The van der Waals surface area contributed by atoms with Crippen molar-refractivity contribution < 1.29 is 14.3 Å². The normalized spacial score (nSPS) is 16.7. The lowest BCUT2D eigenvalue weighted by Crippen LogP contribution is -2.35. The van der Waals surface area contributed by atoms with Gasteiger partial charge < -0.3 is 4.74 Å². The van der Waals surface area contributed by atoms with Crippen LogP contribution in [0.15, 0.2) is 58.6 Å². The third kappa shape index (κ3) is 3.80. The Bertz CT molecular complexity index is 865. The molecule has 0 unspecified atom stereocenters. The van der Waals surface area contributed by atoms with Crippen LogP contribution >= 0.6 is 15.9 Å². The lowest BCUT2D eigenvalue weighted by Gasteiger charge is -2.14. The number of carbonyl (C=O) groups is 2. The third-order valence-electron chi connectivity index (χ3n) is 4.08. The summed E-state index contributed by atoms with van der Waals surface area (Å²) in [5.74, 6) is -0.0678. The number of para-hydroxylation sites is 1. The molecule has 0 saturated carbocycles. The Balaban J connectivity index is 1.84. The minimum Gasteiger partial charge on any atom is -0.490 e. The minimum atomic E-state index is -0.421. The average molecular weight is 415 g/mol. The second kappa shape index (κ2) is 7.74. The molecular weight excluding hydrogens is 396 g/mol. The lowest BCUT2D eigenvalue weighted by atomic mass is 10.1. The van der Waals surface area contributed by atoms with Gasteiger partial charge in [0.05, 0.1) is 16.3 Å². The Hall–Kier alpha value is -2.60. The van der Waals surface area contributed by atoms with E-state index in [1.807, 2.05) is 43.3 Å². The zero-order valence-corrected chi connectivity index (χ0v) is 16.1. The molecule has 26 heavy (non-hydrogen) atoms. The van der Waals surface area contributed by atoms with Crippen molar-refractivity contribution in [3.8, 4) is 5.75 Å². The van der Waals surface area contributed by atoms with E-state index in [1.54, 1.807) is 18.2 Å². The standard InChI is InChI=1S/C20H19BrN2O3/c1-3-13(2)26-18-10-9-14(12-17(18)21)11-16-19(24)22-23(20(16)25)15-7-5-4-6-8-15/h4-13H,3H2,1-2H3,(H,22,24)/b16-11-/t13-/m0/s1. The van der Waals surface area contributed by atoms with E-state index in [2.05, 4.69) is 28.3 Å². The first-order chi connectivity index (χ1) is 12.5. The number of anilines is 1. The molecule has 2 amide bonds. The van der Waals surface area contributed by atoms with Gasteiger partial charge in [-0.05, 0) is 65.2 Å². The minimum absolute atomic E-state index is 0.0938. The largest absolute Gasteiger partial charge is 0.490 e. The molecule has 1 N–H and O–H groups in total. The Labute approximate surface area is 160 Å². The quantitative estimate of drug-likeness (QED) is 0.591. The summed E-state index contributed by atoms with van der Waals surface area (Å²) < 4.78 is 6.59. The average Bonchev–Trinajstić information content (AvgIpc) is 2.92. The maximum absolute atomic E-state index is 12.6. The molecule has 2 aromatic carbocycles. The Morgan fingerprint density at radius 1 is 1.19 bits per heavy atom. The fourth-order valence-corrected chi connectivity index (χ4v) is 2.98. The highest BCUT2D eigenvalue weighted by atomic mass is 79.9. The predicted molar refractivity (Wildman–Crippen MR) is 105 cm³/mol. The number of nitrogens with zero attached hydrogens (tertiary/aromatic N) is 1. The summed E-state index contributed by atoms with van der Waals surface area (Å²) in [4.78, 5) is 24.8. The molecule has 0 radical (unpaired) electrons.